The molecule has 0 fully saturated rings. The largest absolute Gasteiger partial charge is 0.337 e. The summed E-state index contributed by atoms with van der Waals surface area (Å²) in [4.78, 5) is 14.3. The van der Waals surface area contributed by atoms with Gasteiger partial charge in [-0.05, 0) is 42.5 Å². The average molecular weight is 308 g/mol. The first kappa shape index (κ1) is 15.8. The first-order valence-electron chi connectivity index (χ1n) is 8.42. The van der Waals surface area contributed by atoms with E-state index in [0.29, 0.717) is 6.54 Å². The van der Waals surface area contributed by atoms with Crippen LogP contribution in [0.1, 0.15) is 23.1 Å². The predicted octanol–water partition coefficient (Wildman–Crippen LogP) is 2.79. The van der Waals surface area contributed by atoms with Gasteiger partial charge in [0.15, 0.2) is 0 Å². The van der Waals surface area contributed by atoms with Crippen molar-refractivity contribution in [3.8, 4) is 0 Å². The molecular weight excluding hydrogens is 284 g/mol. The van der Waals surface area contributed by atoms with E-state index in [0.717, 1.165) is 38.9 Å². The van der Waals surface area contributed by atoms with E-state index in [4.69, 9.17) is 0 Å². The Labute approximate surface area is 138 Å². The fourth-order valence-electron chi connectivity index (χ4n) is 3.08. The molecule has 0 atom stereocenters. The van der Waals surface area contributed by atoms with Crippen molar-refractivity contribution in [2.75, 3.05) is 19.6 Å². The molecule has 1 amide bonds. The lowest BCUT2D eigenvalue weighted by atomic mass is 10.00. The summed E-state index contributed by atoms with van der Waals surface area (Å²) < 4.78 is 0. The van der Waals surface area contributed by atoms with E-state index in [1.54, 1.807) is 0 Å². The van der Waals surface area contributed by atoms with Gasteiger partial charge in [0.05, 0.1) is 6.54 Å². The molecule has 23 heavy (non-hydrogen) atoms. The van der Waals surface area contributed by atoms with Gasteiger partial charge in [-0.1, -0.05) is 54.6 Å². The number of benzene rings is 2. The molecule has 3 rings (SSSR count). The zero-order chi connectivity index (χ0) is 15.9. The van der Waals surface area contributed by atoms with E-state index in [-0.39, 0.29) is 5.91 Å². The Hall–Kier alpha value is -2.13. The van der Waals surface area contributed by atoms with Crippen LogP contribution in [0.15, 0.2) is 54.6 Å². The highest BCUT2D eigenvalue weighted by atomic mass is 16.2. The lowest BCUT2D eigenvalue weighted by molar-refractivity contribution is -0.131. The van der Waals surface area contributed by atoms with Crippen LogP contribution in [0.4, 0.5) is 0 Å². The molecule has 2 aromatic carbocycles. The molecule has 0 saturated carbocycles. The van der Waals surface area contributed by atoms with Crippen LogP contribution in [0.25, 0.3) is 0 Å². The number of hydrogen-bond donors (Lipinski definition) is 1. The Kier molecular flexibility index (Phi) is 5.43. The third-order valence-electron chi connectivity index (χ3n) is 4.42. The van der Waals surface area contributed by atoms with Gasteiger partial charge in [-0.2, -0.15) is 0 Å². The van der Waals surface area contributed by atoms with Crippen molar-refractivity contribution in [3.63, 3.8) is 0 Å². The van der Waals surface area contributed by atoms with Crippen molar-refractivity contribution in [2.24, 2.45) is 0 Å². The van der Waals surface area contributed by atoms with Gasteiger partial charge in [-0.25, -0.2) is 0 Å². The van der Waals surface area contributed by atoms with Gasteiger partial charge in [0.25, 0.3) is 0 Å². The molecule has 1 heterocycles. The van der Waals surface area contributed by atoms with Crippen molar-refractivity contribution in [3.05, 3.63) is 71.3 Å². The first-order chi connectivity index (χ1) is 11.3. The molecule has 0 radical (unpaired) electrons. The van der Waals surface area contributed by atoms with Crippen LogP contribution in [0.5, 0.6) is 0 Å². The van der Waals surface area contributed by atoms with Crippen LogP contribution >= 0.6 is 0 Å². The van der Waals surface area contributed by atoms with Crippen LogP contribution in [-0.2, 0) is 24.2 Å². The zero-order valence-electron chi connectivity index (χ0n) is 13.5. The predicted molar refractivity (Wildman–Crippen MR) is 93.2 cm³/mol. The Bertz CT molecular complexity index is 639. The summed E-state index contributed by atoms with van der Waals surface area (Å²) in [5.74, 6) is 0.208. The van der Waals surface area contributed by atoms with Crippen LogP contribution in [-0.4, -0.2) is 30.4 Å². The van der Waals surface area contributed by atoms with E-state index < -0.39 is 0 Å². The first-order valence-corrected chi connectivity index (χ1v) is 8.42. The molecule has 2 aromatic rings. The Morgan fingerprint density at radius 1 is 1.00 bits per heavy atom. The van der Waals surface area contributed by atoms with Crippen molar-refractivity contribution in [1.29, 1.82) is 0 Å². The maximum Gasteiger partial charge on any atom is 0.236 e. The van der Waals surface area contributed by atoms with Gasteiger partial charge in [0.2, 0.25) is 5.91 Å². The van der Waals surface area contributed by atoms with Gasteiger partial charge >= 0.3 is 0 Å². The number of rotatable bonds is 6. The van der Waals surface area contributed by atoms with Gasteiger partial charge in [0, 0.05) is 13.1 Å². The van der Waals surface area contributed by atoms with Crippen molar-refractivity contribution in [1.82, 2.24) is 10.2 Å². The van der Waals surface area contributed by atoms with Gasteiger partial charge < -0.3 is 10.2 Å². The van der Waals surface area contributed by atoms with Gasteiger partial charge in [-0.15, -0.1) is 0 Å². The zero-order valence-corrected chi connectivity index (χ0v) is 13.5. The molecular formula is C20H24N2O. The Morgan fingerprint density at radius 2 is 1.74 bits per heavy atom. The van der Waals surface area contributed by atoms with Crippen LogP contribution in [0.3, 0.4) is 0 Å². The fourth-order valence-corrected chi connectivity index (χ4v) is 3.08. The molecule has 0 spiro atoms. The average Bonchev–Trinajstić information content (AvgIpc) is 2.61. The normalized spacial score (nSPS) is 13.7. The quantitative estimate of drug-likeness (QED) is 0.832. The molecule has 0 aliphatic carbocycles. The molecule has 0 saturated heterocycles. The lowest BCUT2D eigenvalue weighted by Crippen LogP contribution is -2.41. The van der Waals surface area contributed by atoms with Crippen molar-refractivity contribution >= 4 is 5.91 Å². The fraction of sp³-hybridized carbons (Fsp3) is 0.350. The third kappa shape index (κ3) is 4.42. The van der Waals surface area contributed by atoms with Crippen LogP contribution in [0.2, 0.25) is 0 Å². The maximum absolute atomic E-state index is 12.3. The Morgan fingerprint density at radius 3 is 2.57 bits per heavy atom. The van der Waals surface area contributed by atoms with Crippen molar-refractivity contribution < 1.29 is 4.79 Å². The minimum Gasteiger partial charge on any atom is -0.337 e. The van der Waals surface area contributed by atoms with Crippen LogP contribution < -0.4 is 5.32 Å². The highest BCUT2D eigenvalue weighted by Gasteiger charge is 2.19. The smallest absolute Gasteiger partial charge is 0.236 e. The third-order valence-corrected chi connectivity index (χ3v) is 4.42. The summed E-state index contributed by atoms with van der Waals surface area (Å²) in [6.45, 7) is 2.91. The van der Waals surface area contributed by atoms with Gasteiger partial charge in [0.1, 0.15) is 0 Å². The number of nitrogens with one attached hydrogen (secondary N) is 1. The number of nitrogens with zero attached hydrogens (tertiary/aromatic N) is 1. The summed E-state index contributed by atoms with van der Waals surface area (Å²) in [5, 5.41) is 3.29. The molecule has 3 nitrogen and oxygen atoms in total. The standard InChI is InChI=1S/C20H24N2O/c23-20(15-21-13-6-9-17-7-2-1-3-8-17)22-14-12-18-10-4-5-11-19(18)16-22/h1-5,7-8,10-11,21H,6,9,12-16H2. The number of carbonyl (C=O) groups excluding carboxylic acids is 1. The number of fused-ring (bicyclic) bond motifs is 1. The van der Waals surface area contributed by atoms with Crippen molar-refractivity contribution in [2.45, 2.75) is 25.8 Å². The number of hydrogen-bond acceptors (Lipinski definition) is 2. The molecule has 0 bridgehead atoms. The topological polar surface area (TPSA) is 32.3 Å². The summed E-state index contributed by atoms with van der Waals surface area (Å²) in [5.41, 5.74) is 4.02. The van der Waals surface area contributed by atoms with E-state index >= 15 is 0 Å². The highest BCUT2D eigenvalue weighted by Crippen LogP contribution is 2.18. The summed E-state index contributed by atoms with van der Waals surface area (Å²) in [6, 6.07) is 18.9. The second-order valence-corrected chi connectivity index (χ2v) is 6.10. The maximum atomic E-state index is 12.3. The second kappa shape index (κ2) is 7.93. The molecule has 0 unspecified atom stereocenters. The minimum atomic E-state index is 0.208. The van der Waals surface area contributed by atoms with E-state index in [2.05, 4.69) is 53.8 Å². The molecule has 3 heteroatoms. The number of carbonyl (C=O) groups is 1. The molecule has 1 aliphatic heterocycles. The summed E-state index contributed by atoms with van der Waals surface area (Å²) in [7, 11) is 0. The second-order valence-electron chi connectivity index (χ2n) is 6.10. The minimum absolute atomic E-state index is 0.208. The van der Waals surface area contributed by atoms with Crippen LogP contribution in [0, 0.1) is 0 Å². The molecule has 120 valence electrons. The van der Waals surface area contributed by atoms with E-state index in [9.17, 15) is 4.79 Å². The summed E-state index contributed by atoms with van der Waals surface area (Å²) in [6.07, 6.45) is 3.08. The van der Waals surface area contributed by atoms with E-state index in [1.807, 2.05) is 11.0 Å². The lowest BCUT2D eigenvalue weighted by Gasteiger charge is -2.29. The summed E-state index contributed by atoms with van der Waals surface area (Å²) >= 11 is 0. The molecule has 1 N–H and O–H groups in total. The number of amides is 1. The van der Waals surface area contributed by atoms with Gasteiger partial charge in [-0.3, -0.25) is 4.79 Å². The number of aryl methyl sites for hydroxylation is 1. The monoisotopic (exact) mass is 308 g/mol. The Balaban J connectivity index is 1.37. The van der Waals surface area contributed by atoms with E-state index in [1.165, 1.54) is 16.7 Å². The SMILES string of the molecule is O=C(CNCCCc1ccccc1)N1CCc2ccccc2C1. The highest BCUT2D eigenvalue weighted by molar-refractivity contribution is 5.78. The molecule has 1 aliphatic rings. The molecule has 0 aromatic heterocycles.